The van der Waals surface area contributed by atoms with Crippen molar-refractivity contribution in [3.05, 3.63) is 30.4 Å². The van der Waals surface area contributed by atoms with Crippen LogP contribution in [-0.2, 0) is 11.3 Å². The minimum atomic E-state index is 0.0273. The number of likely N-dealkylation sites (N-methyl/N-ethyl adjacent to an activating group) is 2. The maximum absolute atomic E-state index is 11.6. The zero-order valence-corrected chi connectivity index (χ0v) is 11.8. The lowest BCUT2D eigenvalue weighted by Gasteiger charge is -2.16. The Labute approximate surface area is 117 Å². The van der Waals surface area contributed by atoms with Crippen LogP contribution in [0.15, 0.2) is 29.0 Å². The summed E-state index contributed by atoms with van der Waals surface area (Å²) in [6.07, 6.45) is 3.36. The van der Waals surface area contributed by atoms with Gasteiger partial charge in [0.1, 0.15) is 0 Å². The summed E-state index contributed by atoms with van der Waals surface area (Å²) in [5, 5.41) is 3.91. The summed E-state index contributed by atoms with van der Waals surface area (Å²) in [4.78, 5) is 23.2. The molecule has 20 heavy (non-hydrogen) atoms. The summed E-state index contributed by atoms with van der Waals surface area (Å²) in [5.41, 5.74) is 0.800. The molecule has 0 spiro atoms. The van der Waals surface area contributed by atoms with Gasteiger partial charge in [-0.15, -0.1) is 0 Å². The topological polar surface area (TPSA) is 75.4 Å². The molecular weight excluding hydrogens is 258 g/mol. The van der Waals surface area contributed by atoms with E-state index in [4.69, 9.17) is 4.52 Å². The SMILES string of the molecule is CN(CC(=O)N(C)C)Cc1nc(-c2cccnc2)no1. The zero-order valence-electron chi connectivity index (χ0n) is 11.8. The number of hydrogen-bond acceptors (Lipinski definition) is 6. The van der Waals surface area contributed by atoms with Crippen LogP contribution in [0.4, 0.5) is 0 Å². The molecule has 1 amide bonds. The third kappa shape index (κ3) is 3.61. The number of pyridine rings is 1. The van der Waals surface area contributed by atoms with Crippen molar-refractivity contribution in [1.82, 2.24) is 24.9 Å². The Balaban J connectivity index is 1.98. The van der Waals surface area contributed by atoms with E-state index in [-0.39, 0.29) is 5.91 Å². The number of rotatable bonds is 5. The second-order valence-electron chi connectivity index (χ2n) is 4.71. The highest BCUT2D eigenvalue weighted by Gasteiger charge is 2.13. The average molecular weight is 275 g/mol. The fourth-order valence-corrected chi connectivity index (χ4v) is 1.59. The molecule has 0 bridgehead atoms. The van der Waals surface area contributed by atoms with E-state index in [0.717, 1.165) is 5.56 Å². The van der Waals surface area contributed by atoms with Gasteiger partial charge >= 0.3 is 0 Å². The van der Waals surface area contributed by atoms with Gasteiger partial charge in [-0.25, -0.2) is 0 Å². The number of nitrogens with zero attached hydrogens (tertiary/aromatic N) is 5. The normalized spacial score (nSPS) is 10.8. The van der Waals surface area contributed by atoms with Crippen molar-refractivity contribution in [2.45, 2.75) is 6.54 Å². The van der Waals surface area contributed by atoms with Crippen LogP contribution >= 0.6 is 0 Å². The summed E-state index contributed by atoms with van der Waals surface area (Å²) in [7, 11) is 5.28. The van der Waals surface area contributed by atoms with Crippen molar-refractivity contribution in [3.8, 4) is 11.4 Å². The van der Waals surface area contributed by atoms with E-state index in [0.29, 0.717) is 24.8 Å². The van der Waals surface area contributed by atoms with E-state index in [1.54, 1.807) is 31.4 Å². The molecule has 0 fully saturated rings. The molecule has 2 aromatic heterocycles. The number of hydrogen-bond donors (Lipinski definition) is 0. The highest BCUT2D eigenvalue weighted by atomic mass is 16.5. The van der Waals surface area contributed by atoms with E-state index in [9.17, 15) is 4.79 Å². The first-order chi connectivity index (χ1) is 9.56. The Morgan fingerprint density at radius 1 is 1.35 bits per heavy atom. The van der Waals surface area contributed by atoms with Crippen molar-refractivity contribution < 1.29 is 9.32 Å². The Bertz CT molecular complexity index is 567. The highest BCUT2D eigenvalue weighted by Crippen LogP contribution is 2.14. The number of aromatic nitrogens is 3. The van der Waals surface area contributed by atoms with Crippen molar-refractivity contribution >= 4 is 5.91 Å². The third-order valence-electron chi connectivity index (χ3n) is 2.70. The van der Waals surface area contributed by atoms with Gasteiger partial charge in [-0.1, -0.05) is 5.16 Å². The van der Waals surface area contributed by atoms with Gasteiger partial charge in [-0.2, -0.15) is 4.98 Å². The first-order valence-corrected chi connectivity index (χ1v) is 6.18. The fraction of sp³-hybridized carbons (Fsp3) is 0.385. The van der Waals surface area contributed by atoms with Crippen LogP contribution in [0.25, 0.3) is 11.4 Å². The predicted octanol–water partition coefficient (Wildman–Crippen LogP) is 0.652. The van der Waals surface area contributed by atoms with Gasteiger partial charge in [0, 0.05) is 32.1 Å². The fourth-order valence-electron chi connectivity index (χ4n) is 1.59. The lowest BCUT2D eigenvalue weighted by atomic mass is 10.3. The molecule has 0 radical (unpaired) electrons. The summed E-state index contributed by atoms with van der Waals surface area (Å²) in [5.74, 6) is 0.998. The zero-order chi connectivity index (χ0) is 14.5. The van der Waals surface area contributed by atoms with Crippen molar-refractivity contribution in [2.75, 3.05) is 27.7 Å². The monoisotopic (exact) mass is 275 g/mol. The summed E-state index contributed by atoms with van der Waals surface area (Å²) < 4.78 is 5.18. The molecule has 2 heterocycles. The van der Waals surface area contributed by atoms with E-state index >= 15 is 0 Å². The molecule has 0 saturated heterocycles. The smallest absolute Gasteiger partial charge is 0.241 e. The molecule has 2 rings (SSSR count). The lowest BCUT2D eigenvalue weighted by molar-refractivity contribution is -0.129. The molecule has 0 atom stereocenters. The Kier molecular flexibility index (Phi) is 4.41. The van der Waals surface area contributed by atoms with E-state index in [1.165, 1.54) is 0 Å². The first-order valence-electron chi connectivity index (χ1n) is 6.18. The van der Waals surface area contributed by atoms with Crippen LogP contribution in [0.3, 0.4) is 0 Å². The van der Waals surface area contributed by atoms with E-state index in [1.807, 2.05) is 24.1 Å². The minimum absolute atomic E-state index is 0.0273. The molecule has 0 aromatic carbocycles. The molecule has 0 aliphatic rings. The van der Waals surface area contributed by atoms with Crippen LogP contribution in [0.5, 0.6) is 0 Å². The molecule has 0 aliphatic heterocycles. The van der Waals surface area contributed by atoms with Crippen molar-refractivity contribution in [2.24, 2.45) is 0 Å². The van der Waals surface area contributed by atoms with E-state index in [2.05, 4.69) is 15.1 Å². The molecule has 0 aliphatic carbocycles. The molecular formula is C13H17N5O2. The highest BCUT2D eigenvalue weighted by molar-refractivity contribution is 5.77. The van der Waals surface area contributed by atoms with Crippen molar-refractivity contribution in [3.63, 3.8) is 0 Å². The van der Waals surface area contributed by atoms with Crippen LogP contribution in [-0.4, -0.2) is 58.5 Å². The van der Waals surface area contributed by atoms with Gasteiger partial charge in [0.05, 0.1) is 13.1 Å². The largest absolute Gasteiger partial charge is 0.348 e. The van der Waals surface area contributed by atoms with Crippen LogP contribution in [0.1, 0.15) is 5.89 Å². The van der Waals surface area contributed by atoms with Gasteiger partial charge in [0.25, 0.3) is 0 Å². The molecule has 7 heteroatoms. The van der Waals surface area contributed by atoms with Gasteiger partial charge < -0.3 is 9.42 Å². The Morgan fingerprint density at radius 2 is 2.15 bits per heavy atom. The number of amides is 1. The third-order valence-corrected chi connectivity index (χ3v) is 2.70. The van der Waals surface area contributed by atoms with Gasteiger partial charge in [-0.05, 0) is 19.2 Å². The van der Waals surface area contributed by atoms with Crippen LogP contribution in [0, 0.1) is 0 Å². The summed E-state index contributed by atoms with van der Waals surface area (Å²) >= 11 is 0. The molecule has 106 valence electrons. The van der Waals surface area contributed by atoms with Gasteiger partial charge in [-0.3, -0.25) is 14.7 Å². The molecule has 7 nitrogen and oxygen atoms in total. The second kappa shape index (κ2) is 6.25. The number of carbonyl (C=O) groups is 1. The maximum Gasteiger partial charge on any atom is 0.241 e. The lowest BCUT2D eigenvalue weighted by Crippen LogP contribution is -2.34. The second-order valence-corrected chi connectivity index (χ2v) is 4.71. The average Bonchev–Trinajstić information content (AvgIpc) is 2.88. The number of carbonyl (C=O) groups excluding carboxylic acids is 1. The quantitative estimate of drug-likeness (QED) is 0.797. The molecule has 0 unspecified atom stereocenters. The minimum Gasteiger partial charge on any atom is -0.348 e. The summed E-state index contributed by atoms with van der Waals surface area (Å²) in [6, 6.07) is 3.67. The molecule has 0 saturated carbocycles. The van der Waals surface area contributed by atoms with Gasteiger partial charge in [0.2, 0.25) is 17.6 Å². The molecule has 0 N–H and O–H groups in total. The predicted molar refractivity (Wildman–Crippen MR) is 72.6 cm³/mol. The van der Waals surface area contributed by atoms with E-state index < -0.39 is 0 Å². The molecule has 2 aromatic rings. The van der Waals surface area contributed by atoms with Crippen LogP contribution < -0.4 is 0 Å². The Morgan fingerprint density at radius 3 is 2.80 bits per heavy atom. The standard InChI is InChI=1S/C13H17N5O2/c1-17(2)12(19)9-18(3)8-11-15-13(16-20-11)10-5-4-6-14-7-10/h4-7H,8-9H2,1-3H3. The van der Waals surface area contributed by atoms with Gasteiger partial charge in [0.15, 0.2) is 0 Å². The Hall–Kier alpha value is -2.28. The first kappa shape index (κ1) is 14.1. The maximum atomic E-state index is 11.6. The van der Waals surface area contributed by atoms with Crippen molar-refractivity contribution in [1.29, 1.82) is 0 Å². The summed E-state index contributed by atoms with van der Waals surface area (Å²) in [6.45, 7) is 0.727. The van der Waals surface area contributed by atoms with Crippen LogP contribution in [0.2, 0.25) is 0 Å².